The first-order chi connectivity index (χ1) is 10.8. The molecule has 0 aliphatic carbocycles. The smallest absolute Gasteiger partial charge is 0.233 e. The Morgan fingerprint density at radius 1 is 1.00 bits per heavy atom. The highest BCUT2D eigenvalue weighted by atomic mass is 16.2. The number of nitrogens with zero attached hydrogens (tertiary/aromatic N) is 4. The van der Waals surface area contributed by atoms with E-state index in [-0.39, 0.29) is 11.8 Å². The fourth-order valence-corrected chi connectivity index (χ4v) is 3.57. The lowest BCUT2D eigenvalue weighted by molar-refractivity contribution is -0.132. The predicted octanol–water partition coefficient (Wildman–Crippen LogP) is 2.44. The van der Waals surface area contributed by atoms with Gasteiger partial charge in [-0.05, 0) is 25.7 Å². The van der Waals surface area contributed by atoms with Crippen molar-refractivity contribution in [3.05, 3.63) is 36.2 Å². The molecule has 2 aliphatic heterocycles. The summed E-state index contributed by atoms with van der Waals surface area (Å²) in [5.74, 6) is 1.86. The molecule has 1 saturated heterocycles. The van der Waals surface area contributed by atoms with Gasteiger partial charge in [0, 0.05) is 25.2 Å². The van der Waals surface area contributed by atoms with Gasteiger partial charge in [-0.25, -0.2) is 0 Å². The van der Waals surface area contributed by atoms with E-state index in [1.165, 1.54) is 0 Å². The van der Waals surface area contributed by atoms with Gasteiger partial charge in [0.15, 0.2) is 5.82 Å². The van der Waals surface area contributed by atoms with Crippen LogP contribution in [-0.2, 0) is 11.3 Å². The highest BCUT2D eigenvalue weighted by molar-refractivity contribution is 5.83. The van der Waals surface area contributed by atoms with E-state index in [0.717, 1.165) is 62.5 Å². The molecule has 22 heavy (non-hydrogen) atoms. The third-order valence-corrected chi connectivity index (χ3v) is 4.71. The molecule has 1 aromatic heterocycles. The highest BCUT2D eigenvalue weighted by Gasteiger charge is 2.34. The average molecular weight is 296 g/mol. The minimum Gasteiger partial charge on any atom is -0.342 e. The van der Waals surface area contributed by atoms with Gasteiger partial charge in [-0.2, -0.15) is 0 Å². The molecule has 1 unspecified atom stereocenters. The second-order valence-corrected chi connectivity index (χ2v) is 6.13. The molecule has 1 amide bonds. The maximum absolute atomic E-state index is 12.8. The fourth-order valence-electron chi connectivity index (χ4n) is 3.57. The molecule has 1 aromatic carbocycles. The van der Waals surface area contributed by atoms with E-state index >= 15 is 0 Å². The average Bonchev–Trinajstić information content (AvgIpc) is 3.24. The molecule has 114 valence electrons. The Morgan fingerprint density at radius 2 is 1.77 bits per heavy atom. The van der Waals surface area contributed by atoms with Crippen LogP contribution in [0.2, 0.25) is 0 Å². The number of fused-ring (bicyclic) bond motifs is 1. The summed E-state index contributed by atoms with van der Waals surface area (Å²) in [5, 5.41) is 8.74. The number of benzene rings is 1. The van der Waals surface area contributed by atoms with Crippen molar-refractivity contribution < 1.29 is 4.79 Å². The van der Waals surface area contributed by atoms with Crippen LogP contribution in [0.15, 0.2) is 30.3 Å². The summed E-state index contributed by atoms with van der Waals surface area (Å²) in [6.45, 7) is 2.69. The summed E-state index contributed by atoms with van der Waals surface area (Å²) < 4.78 is 2.14. The van der Waals surface area contributed by atoms with Gasteiger partial charge in [0.25, 0.3) is 0 Å². The van der Waals surface area contributed by atoms with Crippen molar-refractivity contribution in [3.8, 4) is 11.4 Å². The lowest BCUT2D eigenvalue weighted by Crippen LogP contribution is -2.35. The molecule has 2 aromatic rings. The number of hydrogen-bond acceptors (Lipinski definition) is 3. The largest absolute Gasteiger partial charge is 0.342 e. The number of amides is 1. The predicted molar refractivity (Wildman–Crippen MR) is 83.2 cm³/mol. The summed E-state index contributed by atoms with van der Waals surface area (Å²) in [6.07, 6.45) is 4.15. The topological polar surface area (TPSA) is 51.0 Å². The number of hydrogen-bond donors (Lipinski definition) is 0. The molecule has 0 saturated carbocycles. The zero-order chi connectivity index (χ0) is 14.9. The zero-order valence-electron chi connectivity index (χ0n) is 12.6. The summed E-state index contributed by atoms with van der Waals surface area (Å²) in [6, 6.07) is 10.1. The van der Waals surface area contributed by atoms with Crippen molar-refractivity contribution in [2.45, 2.75) is 38.1 Å². The van der Waals surface area contributed by atoms with Crippen LogP contribution in [0.4, 0.5) is 0 Å². The summed E-state index contributed by atoms with van der Waals surface area (Å²) in [7, 11) is 0. The van der Waals surface area contributed by atoms with Gasteiger partial charge in [0.1, 0.15) is 5.82 Å². The molecule has 0 radical (unpaired) electrons. The molecule has 1 fully saturated rings. The zero-order valence-corrected chi connectivity index (χ0v) is 12.6. The highest BCUT2D eigenvalue weighted by Crippen LogP contribution is 2.32. The van der Waals surface area contributed by atoms with Crippen molar-refractivity contribution in [2.24, 2.45) is 0 Å². The molecule has 1 atom stereocenters. The van der Waals surface area contributed by atoms with E-state index in [2.05, 4.69) is 14.8 Å². The van der Waals surface area contributed by atoms with E-state index in [1.807, 2.05) is 35.2 Å². The van der Waals surface area contributed by atoms with Crippen LogP contribution in [0.1, 0.15) is 37.4 Å². The van der Waals surface area contributed by atoms with Crippen LogP contribution in [0, 0.1) is 0 Å². The maximum Gasteiger partial charge on any atom is 0.233 e. The van der Waals surface area contributed by atoms with Gasteiger partial charge in [0.2, 0.25) is 5.91 Å². The number of carbonyl (C=O) groups excluding carboxylic acids is 1. The van der Waals surface area contributed by atoms with Gasteiger partial charge < -0.3 is 9.47 Å². The lowest BCUT2D eigenvalue weighted by Gasteiger charge is -2.26. The standard InChI is InChI=1S/C17H20N4O/c22-17(20-10-4-5-11-20)14-9-6-12-21-15(18-19-16(14)21)13-7-2-1-3-8-13/h1-3,7-8,14H,4-6,9-12H2. The first kappa shape index (κ1) is 13.5. The number of likely N-dealkylation sites (tertiary alicyclic amines) is 1. The van der Waals surface area contributed by atoms with Gasteiger partial charge in [-0.3, -0.25) is 4.79 Å². The second-order valence-electron chi connectivity index (χ2n) is 6.13. The van der Waals surface area contributed by atoms with Gasteiger partial charge in [-0.1, -0.05) is 30.3 Å². The van der Waals surface area contributed by atoms with E-state index in [1.54, 1.807) is 0 Å². The monoisotopic (exact) mass is 296 g/mol. The lowest BCUT2D eigenvalue weighted by atomic mass is 9.97. The fraction of sp³-hybridized carbons (Fsp3) is 0.471. The molecular weight excluding hydrogens is 276 g/mol. The third-order valence-electron chi connectivity index (χ3n) is 4.71. The quantitative estimate of drug-likeness (QED) is 0.855. The van der Waals surface area contributed by atoms with Crippen LogP contribution in [0.3, 0.4) is 0 Å². The van der Waals surface area contributed by atoms with Crippen LogP contribution in [0.5, 0.6) is 0 Å². The van der Waals surface area contributed by atoms with Crippen molar-refractivity contribution in [3.63, 3.8) is 0 Å². The number of carbonyl (C=O) groups is 1. The summed E-state index contributed by atoms with van der Waals surface area (Å²) in [5.41, 5.74) is 1.07. The molecule has 4 rings (SSSR count). The van der Waals surface area contributed by atoms with Crippen molar-refractivity contribution >= 4 is 5.91 Å². The van der Waals surface area contributed by atoms with Crippen molar-refractivity contribution in [1.29, 1.82) is 0 Å². The molecule has 5 heteroatoms. The first-order valence-corrected chi connectivity index (χ1v) is 8.12. The molecule has 0 spiro atoms. The second kappa shape index (κ2) is 5.55. The summed E-state index contributed by atoms with van der Waals surface area (Å²) >= 11 is 0. The Labute approximate surface area is 130 Å². The maximum atomic E-state index is 12.8. The van der Waals surface area contributed by atoms with Crippen LogP contribution in [-0.4, -0.2) is 38.7 Å². The Bertz CT molecular complexity index is 673. The number of aromatic nitrogens is 3. The van der Waals surface area contributed by atoms with Crippen LogP contribution < -0.4 is 0 Å². The molecular formula is C17H20N4O. The van der Waals surface area contributed by atoms with Gasteiger partial charge >= 0.3 is 0 Å². The first-order valence-electron chi connectivity index (χ1n) is 8.12. The normalized spacial score (nSPS) is 20.9. The molecule has 3 heterocycles. The third kappa shape index (κ3) is 2.21. The van der Waals surface area contributed by atoms with Crippen molar-refractivity contribution in [1.82, 2.24) is 19.7 Å². The Balaban J connectivity index is 1.68. The Kier molecular flexibility index (Phi) is 3.41. The van der Waals surface area contributed by atoms with E-state index in [0.29, 0.717) is 0 Å². The molecule has 0 bridgehead atoms. The minimum atomic E-state index is -0.114. The van der Waals surface area contributed by atoms with E-state index < -0.39 is 0 Å². The molecule has 0 N–H and O–H groups in total. The molecule has 5 nitrogen and oxygen atoms in total. The van der Waals surface area contributed by atoms with Gasteiger partial charge in [-0.15, -0.1) is 10.2 Å². The van der Waals surface area contributed by atoms with Crippen LogP contribution >= 0.6 is 0 Å². The van der Waals surface area contributed by atoms with Crippen LogP contribution in [0.25, 0.3) is 11.4 Å². The minimum absolute atomic E-state index is 0.114. The van der Waals surface area contributed by atoms with Crippen molar-refractivity contribution in [2.75, 3.05) is 13.1 Å². The SMILES string of the molecule is O=C(C1CCCn2c(-c3ccccc3)nnc21)N1CCCC1. The number of rotatable bonds is 2. The molecule has 2 aliphatic rings. The Hall–Kier alpha value is -2.17. The van der Waals surface area contributed by atoms with E-state index in [9.17, 15) is 4.79 Å². The summed E-state index contributed by atoms with van der Waals surface area (Å²) in [4.78, 5) is 14.8. The van der Waals surface area contributed by atoms with E-state index in [4.69, 9.17) is 0 Å². The Morgan fingerprint density at radius 3 is 2.55 bits per heavy atom. The van der Waals surface area contributed by atoms with Gasteiger partial charge in [0.05, 0.1) is 5.92 Å².